The fourth-order valence-corrected chi connectivity index (χ4v) is 2.78. The van der Waals surface area contributed by atoms with Crippen molar-refractivity contribution in [3.63, 3.8) is 0 Å². The number of methoxy groups -OCH3 is 2. The Morgan fingerprint density at radius 1 is 1.25 bits per heavy atom. The van der Waals surface area contributed by atoms with Crippen LogP contribution in [-0.4, -0.2) is 19.2 Å². The second-order valence-electron chi connectivity index (χ2n) is 4.38. The Bertz CT molecular complexity index is 576. The van der Waals surface area contributed by atoms with Gasteiger partial charge in [-0.2, -0.15) is 0 Å². The highest BCUT2D eigenvalue weighted by Gasteiger charge is 2.18. The molecule has 0 saturated heterocycles. The monoisotopic (exact) mass is 336 g/mol. The summed E-state index contributed by atoms with van der Waals surface area (Å²) < 4.78 is 11.5. The number of hydrogen-bond donors (Lipinski definition) is 1. The van der Waals surface area contributed by atoms with Crippen molar-refractivity contribution in [1.29, 1.82) is 0 Å². The molecular formula is C15H17BrN2O2. The summed E-state index contributed by atoms with van der Waals surface area (Å²) in [5.41, 5.74) is 8.32. The standard InChI is InChI=1S/C15H17BrN2O2/c1-19-13-6-5-11(15(20-2)14(13)16)12(17)8-10-4-3-7-18-9-10/h3-7,9,12H,8,17H2,1-2H3. The van der Waals surface area contributed by atoms with E-state index < -0.39 is 0 Å². The second kappa shape index (κ2) is 6.72. The Kier molecular flexibility index (Phi) is 4.98. The average Bonchev–Trinajstić information content (AvgIpc) is 2.47. The number of aromatic nitrogens is 1. The topological polar surface area (TPSA) is 57.4 Å². The molecule has 0 spiro atoms. The summed E-state index contributed by atoms with van der Waals surface area (Å²) in [6, 6.07) is 7.56. The molecule has 0 fully saturated rings. The van der Waals surface area contributed by atoms with Gasteiger partial charge in [-0.1, -0.05) is 6.07 Å². The first-order chi connectivity index (χ1) is 9.67. The zero-order valence-corrected chi connectivity index (χ0v) is 13.1. The lowest BCUT2D eigenvalue weighted by molar-refractivity contribution is 0.383. The van der Waals surface area contributed by atoms with Gasteiger partial charge in [0.15, 0.2) is 0 Å². The smallest absolute Gasteiger partial charge is 0.141 e. The highest BCUT2D eigenvalue weighted by molar-refractivity contribution is 9.10. The molecule has 1 aromatic heterocycles. The Balaban J connectivity index is 2.30. The maximum absolute atomic E-state index is 6.29. The van der Waals surface area contributed by atoms with E-state index in [-0.39, 0.29) is 6.04 Å². The highest BCUT2D eigenvalue weighted by Crippen LogP contribution is 2.39. The minimum Gasteiger partial charge on any atom is -0.495 e. The minimum atomic E-state index is -0.170. The molecule has 5 heteroatoms. The van der Waals surface area contributed by atoms with Gasteiger partial charge in [-0.25, -0.2) is 0 Å². The number of pyridine rings is 1. The van der Waals surface area contributed by atoms with Gasteiger partial charge in [0, 0.05) is 24.0 Å². The molecular weight excluding hydrogens is 320 g/mol. The molecule has 0 radical (unpaired) electrons. The van der Waals surface area contributed by atoms with Crippen molar-refractivity contribution < 1.29 is 9.47 Å². The molecule has 1 unspecified atom stereocenters. The van der Waals surface area contributed by atoms with E-state index in [4.69, 9.17) is 15.2 Å². The van der Waals surface area contributed by atoms with Crippen molar-refractivity contribution in [3.8, 4) is 11.5 Å². The molecule has 106 valence electrons. The molecule has 0 aliphatic carbocycles. The molecule has 1 heterocycles. The molecule has 4 nitrogen and oxygen atoms in total. The summed E-state index contributed by atoms with van der Waals surface area (Å²) in [6.45, 7) is 0. The van der Waals surface area contributed by atoms with Crippen molar-refractivity contribution in [2.24, 2.45) is 5.73 Å². The van der Waals surface area contributed by atoms with Crippen LogP contribution < -0.4 is 15.2 Å². The van der Waals surface area contributed by atoms with E-state index in [9.17, 15) is 0 Å². The van der Waals surface area contributed by atoms with Gasteiger partial charge in [0.2, 0.25) is 0 Å². The van der Waals surface area contributed by atoms with Gasteiger partial charge in [0.25, 0.3) is 0 Å². The number of rotatable bonds is 5. The van der Waals surface area contributed by atoms with E-state index in [1.54, 1.807) is 20.4 Å². The van der Waals surface area contributed by atoms with E-state index in [0.717, 1.165) is 21.3 Å². The van der Waals surface area contributed by atoms with E-state index in [1.807, 2.05) is 30.5 Å². The lowest BCUT2D eigenvalue weighted by Gasteiger charge is -2.18. The van der Waals surface area contributed by atoms with Crippen molar-refractivity contribution in [1.82, 2.24) is 4.98 Å². The van der Waals surface area contributed by atoms with E-state index >= 15 is 0 Å². The summed E-state index contributed by atoms with van der Waals surface area (Å²) in [7, 11) is 3.24. The number of nitrogens with two attached hydrogens (primary N) is 1. The van der Waals surface area contributed by atoms with Crippen LogP contribution in [0.5, 0.6) is 11.5 Å². The van der Waals surface area contributed by atoms with Gasteiger partial charge in [-0.15, -0.1) is 0 Å². The molecule has 0 saturated carbocycles. The SMILES string of the molecule is COc1ccc(C(N)Cc2cccnc2)c(OC)c1Br. The average molecular weight is 337 g/mol. The molecule has 0 aliphatic rings. The van der Waals surface area contributed by atoms with Gasteiger partial charge >= 0.3 is 0 Å². The lowest BCUT2D eigenvalue weighted by Crippen LogP contribution is -2.15. The predicted molar refractivity (Wildman–Crippen MR) is 82.1 cm³/mol. The Hall–Kier alpha value is -1.59. The van der Waals surface area contributed by atoms with Crippen LogP contribution in [0.2, 0.25) is 0 Å². The number of hydrogen-bond acceptors (Lipinski definition) is 4. The van der Waals surface area contributed by atoms with Crippen LogP contribution in [0.3, 0.4) is 0 Å². The molecule has 2 N–H and O–H groups in total. The fraction of sp³-hybridized carbons (Fsp3) is 0.267. The minimum absolute atomic E-state index is 0.170. The Labute approximate surface area is 127 Å². The maximum Gasteiger partial charge on any atom is 0.141 e. The molecule has 0 aliphatic heterocycles. The molecule has 2 rings (SSSR count). The molecule has 1 aromatic carbocycles. The fourth-order valence-electron chi connectivity index (χ4n) is 2.09. The highest BCUT2D eigenvalue weighted by atomic mass is 79.9. The summed E-state index contributed by atoms with van der Waals surface area (Å²) in [4.78, 5) is 4.10. The number of halogens is 1. The molecule has 0 bridgehead atoms. The van der Waals surface area contributed by atoms with Gasteiger partial charge in [0.05, 0.1) is 14.2 Å². The van der Waals surface area contributed by atoms with Gasteiger partial charge < -0.3 is 15.2 Å². The quantitative estimate of drug-likeness (QED) is 0.911. The second-order valence-corrected chi connectivity index (χ2v) is 5.17. The Morgan fingerprint density at radius 3 is 2.65 bits per heavy atom. The summed E-state index contributed by atoms with van der Waals surface area (Å²) in [5, 5.41) is 0. The van der Waals surface area contributed by atoms with Crippen molar-refractivity contribution >= 4 is 15.9 Å². The third-order valence-electron chi connectivity index (χ3n) is 3.09. The molecule has 20 heavy (non-hydrogen) atoms. The van der Waals surface area contributed by atoms with Crippen LogP contribution in [-0.2, 0) is 6.42 Å². The third kappa shape index (κ3) is 3.11. The lowest BCUT2D eigenvalue weighted by atomic mass is 9.99. The molecule has 0 amide bonds. The zero-order chi connectivity index (χ0) is 14.5. The van der Waals surface area contributed by atoms with Crippen molar-refractivity contribution in [2.75, 3.05) is 14.2 Å². The molecule has 1 atom stereocenters. The van der Waals surface area contributed by atoms with Crippen LogP contribution in [0.25, 0.3) is 0 Å². The first-order valence-corrected chi connectivity index (χ1v) is 7.01. The third-order valence-corrected chi connectivity index (χ3v) is 3.84. The Morgan fingerprint density at radius 2 is 2.05 bits per heavy atom. The first-order valence-electron chi connectivity index (χ1n) is 6.22. The predicted octanol–water partition coefficient (Wildman–Crippen LogP) is 3.10. The van der Waals surface area contributed by atoms with E-state index in [2.05, 4.69) is 20.9 Å². The number of nitrogens with zero attached hydrogens (tertiary/aromatic N) is 1. The molecule has 2 aromatic rings. The van der Waals surface area contributed by atoms with Crippen LogP contribution >= 0.6 is 15.9 Å². The van der Waals surface area contributed by atoms with Crippen LogP contribution in [0, 0.1) is 0 Å². The summed E-state index contributed by atoms with van der Waals surface area (Å²) in [6.07, 6.45) is 4.27. The number of benzene rings is 1. The first kappa shape index (κ1) is 14.8. The van der Waals surface area contributed by atoms with Gasteiger partial charge in [-0.3, -0.25) is 4.98 Å². The van der Waals surface area contributed by atoms with Crippen LogP contribution in [0.1, 0.15) is 17.2 Å². The van der Waals surface area contributed by atoms with Crippen LogP contribution in [0.15, 0.2) is 41.1 Å². The summed E-state index contributed by atoms with van der Waals surface area (Å²) >= 11 is 3.49. The zero-order valence-electron chi connectivity index (χ0n) is 11.5. The van der Waals surface area contributed by atoms with Crippen LogP contribution in [0.4, 0.5) is 0 Å². The van der Waals surface area contributed by atoms with E-state index in [0.29, 0.717) is 12.2 Å². The van der Waals surface area contributed by atoms with Crippen molar-refractivity contribution in [3.05, 3.63) is 52.3 Å². The normalized spacial score (nSPS) is 12.0. The number of ether oxygens (including phenoxy) is 2. The largest absolute Gasteiger partial charge is 0.495 e. The van der Waals surface area contributed by atoms with Crippen molar-refractivity contribution in [2.45, 2.75) is 12.5 Å². The van der Waals surface area contributed by atoms with Gasteiger partial charge in [-0.05, 0) is 46.1 Å². The summed E-state index contributed by atoms with van der Waals surface area (Å²) in [5.74, 6) is 1.43. The maximum atomic E-state index is 6.29. The van der Waals surface area contributed by atoms with Gasteiger partial charge in [0.1, 0.15) is 16.0 Å². The van der Waals surface area contributed by atoms with E-state index in [1.165, 1.54) is 0 Å².